The molecule has 0 rings (SSSR count). The van der Waals surface area contributed by atoms with Crippen LogP contribution < -0.4 is 11.1 Å². The molecule has 0 aliphatic rings. The maximum absolute atomic E-state index is 10.7. The van der Waals surface area contributed by atoms with Crippen LogP contribution in [0, 0.1) is 0 Å². The van der Waals surface area contributed by atoms with Crippen LogP contribution in [0.15, 0.2) is 0 Å². The molecule has 0 spiro atoms. The van der Waals surface area contributed by atoms with Gasteiger partial charge in [-0.2, -0.15) is 0 Å². The number of hydrogen-bond acceptors (Lipinski definition) is 3. The Labute approximate surface area is 70.3 Å². The SMILES string of the molecule is NCCCC(=O)NCP(=O)(O)O. The minimum atomic E-state index is -4.11. The van der Waals surface area contributed by atoms with Crippen molar-refractivity contribution in [1.29, 1.82) is 0 Å². The lowest BCUT2D eigenvalue weighted by Crippen LogP contribution is -2.24. The van der Waals surface area contributed by atoms with E-state index in [-0.39, 0.29) is 12.3 Å². The van der Waals surface area contributed by atoms with Crippen LogP contribution in [-0.2, 0) is 9.36 Å². The quantitative estimate of drug-likeness (QED) is 0.420. The third-order valence-corrected chi connectivity index (χ3v) is 1.66. The molecule has 0 aromatic carbocycles. The summed E-state index contributed by atoms with van der Waals surface area (Å²) in [5.41, 5.74) is 5.13. The van der Waals surface area contributed by atoms with E-state index in [0.29, 0.717) is 13.0 Å². The topological polar surface area (TPSA) is 113 Å². The smallest absolute Gasteiger partial charge is 0.344 e. The normalized spacial score (nSPS) is 11.2. The lowest BCUT2D eigenvalue weighted by atomic mass is 10.3. The van der Waals surface area contributed by atoms with Crippen molar-refractivity contribution in [3.8, 4) is 0 Å². The van der Waals surface area contributed by atoms with Crippen LogP contribution in [0.4, 0.5) is 0 Å². The molecular weight excluding hydrogens is 183 g/mol. The number of carbonyl (C=O) groups is 1. The molecule has 0 aliphatic carbocycles. The summed E-state index contributed by atoms with van der Waals surface area (Å²) in [6.07, 6.45) is 0.125. The minimum Gasteiger partial charge on any atom is -0.344 e. The Hall–Kier alpha value is -0.420. The molecular formula is C5H13N2O4P. The highest BCUT2D eigenvalue weighted by atomic mass is 31.2. The molecule has 7 heteroatoms. The van der Waals surface area contributed by atoms with Gasteiger partial charge in [0.25, 0.3) is 0 Å². The molecule has 0 fully saturated rings. The van der Waals surface area contributed by atoms with Crippen molar-refractivity contribution in [1.82, 2.24) is 5.32 Å². The number of hydrogen-bond donors (Lipinski definition) is 4. The van der Waals surface area contributed by atoms with Crippen LogP contribution in [0.5, 0.6) is 0 Å². The van der Waals surface area contributed by atoms with E-state index < -0.39 is 13.9 Å². The van der Waals surface area contributed by atoms with Crippen molar-refractivity contribution >= 4 is 13.5 Å². The van der Waals surface area contributed by atoms with Gasteiger partial charge in [0, 0.05) is 6.42 Å². The highest BCUT2D eigenvalue weighted by Crippen LogP contribution is 2.31. The first-order chi connectivity index (χ1) is 5.45. The summed E-state index contributed by atoms with van der Waals surface area (Å²) in [4.78, 5) is 27.5. The van der Waals surface area contributed by atoms with Crippen LogP contribution >= 0.6 is 7.60 Å². The molecule has 0 saturated heterocycles. The van der Waals surface area contributed by atoms with Gasteiger partial charge < -0.3 is 20.8 Å². The summed E-state index contributed by atoms with van der Waals surface area (Å²) < 4.78 is 10.3. The number of rotatable bonds is 5. The summed E-state index contributed by atoms with van der Waals surface area (Å²) in [5.74, 6) is -0.385. The van der Waals surface area contributed by atoms with Gasteiger partial charge in [-0.3, -0.25) is 9.36 Å². The van der Waals surface area contributed by atoms with Crippen LogP contribution in [0.1, 0.15) is 12.8 Å². The Morgan fingerprint density at radius 1 is 1.50 bits per heavy atom. The molecule has 5 N–H and O–H groups in total. The maximum Gasteiger partial charge on any atom is 0.344 e. The van der Waals surface area contributed by atoms with E-state index in [2.05, 4.69) is 5.32 Å². The Morgan fingerprint density at radius 2 is 2.08 bits per heavy atom. The summed E-state index contributed by atoms with van der Waals surface area (Å²) in [7, 11) is -4.11. The van der Waals surface area contributed by atoms with Gasteiger partial charge >= 0.3 is 7.60 Å². The highest BCUT2D eigenvalue weighted by Gasteiger charge is 2.13. The van der Waals surface area contributed by atoms with Crippen molar-refractivity contribution < 1.29 is 19.1 Å². The van der Waals surface area contributed by atoms with Crippen molar-refractivity contribution in [3.05, 3.63) is 0 Å². The molecule has 1 amide bonds. The predicted molar refractivity (Wildman–Crippen MR) is 43.3 cm³/mol. The van der Waals surface area contributed by atoms with Gasteiger partial charge in [0.05, 0.1) is 0 Å². The number of amides is 1. The first-order valence-corrected chi connectivity index (χ1v) is 5.27. The molecule has 0 saturated carbocycles. The van der Waals surface area contributed by atoms with Crippen molar-refractivity contribution in [2.45, 2.75) is 12.8 Å². The molecule has 0 aromatic rings. The first-order valence-electron chi connectivity index (χ1n) is 3.47. The van der Waals surface area contributed by atoms with Crippen LogP contribution in [0.25, 0.3) is 0 Å². The Kier molecular flexibility index (Phi) is 5.08. The van der Waals surface area contributed by atoms with E-state index in [1.165, 1.54) is 0 Å². The van der Waals surface area contributed by atoms with Gasteiger partial charge in [-0.25, -0.2) is 0 Å². The summed E-state index contributed by atoms with van der Waals surface area (Å²) in [6, 6.07) is 0. The number of carbonyl (C=O) groups excluding carboxylic acids is 1. The molecule has 0 bridgehead atoms. The molecule has 0 heterocycles. The van der Waals surface area contributed by atoms with Gasteiger partial charge in [-0.05, 0) is 13.0 Å². The van der Waals surface area contributed by atoms with Crippen molar-refractivity contribution in [3.63, 3.8) is 0 Å². The lowest BCUT2D eigenvalue weighted by Gasteiger charge is -2.05. The van der Waals surface area contributed by atoms with Gasteiger partial charge in [-0.15, -0.1) is 0 Å². The predicted octanol–water partition coefficient (Wildman–Crippen LogP) is -1.02. The van der Waals surface area contributed by atoms with E-state index in [9.17, 15) is 9.36 Å². The Balaban J connectivity index is 3.51. The molecule has 0 aliphatic heterocycles. The van der Waals surface area contributed by atoms with E-state index in [4.69, 9.17) is 15.5 Å². The van der Waals surface area contributed by atoms with E-state index in [1.54, 1.807) is 0 Å². The van der Waals surface area contributed by atoms with E-state index >= 15 is 0 Å². The van der Waals surface area contributed by atoms with Crippen LogP contribution in [0.3, 0.4) is 0 Å². The van der Waals surface area contributed by atoms with E-state index in [1.807, 2.05) is 0 Å². The van der Waals surface area contributed by atoms with Gasteiger partial charge in [0.1, 0.15) is 6.29 Å². The standard InChI is InChI=1S/C5H13N2O4P/c6-3-1-2-5(8)7-4-12(9,10)11/h1-4,6H2,(H,7,8)(H2,9,10,11). The van der Waals surface area contributed by atoms with Gasteiger partial charge in [0.15, 0.2) is 0 Å². The summed E-state index contributed by atoms with van der Waals surface area (Å²) in [5, 5.41) is 2.10. The van der Waals surface area contributed by atoms with Crippen LogP contribution in [-0.4, -0.2) is 28.5 Å². The third-order valence-electron chi connectivity index (χ3n) is 1.09. The average Bonchev–Trinajstić information content (AvgIpc) is 1.95. The maximum atomic E-state index is 10.7. The Bertz CT molecular complexity index is 190. The second-order valence-electron chi connectivity index (χ2n) is 2.31. The second kappa shape index (κ2) is 5.27. The molecule has 0 radical (unpaired) electrons. The van der Waals surface area contributed by atoms with Crippen molar-refractivity contribution in [2.24, 2.45) is 5.73 Å². The lowest BCUT2D eigenvalue weighted by molar-refractivity contribution is -0.120. The zero-order valence-electron chi connectivity index (χ0n) is 6.56. The minimum absolute atomic E-state index is 0.205. The fourth-order valence-electron chi connectivity index (χ4n) is 0.542. The fraction of sp³-hybridized carbons (Fsp3) is 0.800. The highest BCUT2D eigenvalue weighted by molar-refractivity contribution is 7.51. The van der Waals surface area contributed by atoms with Gasteiger partial charge in [0.2, 0.25) is 5.91 Å². The molecule has 72 valence electrons. The molecule has 0 atom stereocenters. The second-order valence-corrected chi connectivity index (χ2v) is 3.96. The van der Waals surface area contributed by atoms with Crippen molar-refractivity contribution in [2.75, 3.05) is 12.8 Å². The average molecular weight is 196 g/mol. The monoisotopic (exact) mass is 196 g/mol. The zero-order chi connectivity index (χ0) is 9.61. The molecule has 6 nitrogen and oxygen atoms in total. The molecule has 0 unspecified atom stereocenters. The molecule has 0 aromatic heterocycles. The zero-order valence-corrected chi connectivity index (χ0v) is 7.46. The summed E-state index contributed by atoms with van der Waals surface area (Å²) in [6.45, 7) is 0.392. The van der Waals surface area contributed by atoms with E-state index in [0.717, 1.165) is 0 Å². The summed E-state index contributed by atoms with van der Waals surface area (Å²) >= 11 is 0. The molecule has 12 heavy (non-hydrogen) atoms. The number of nitrogens with one attached hydrogen (secondary N) is 1. The number of nitrogens with two attached hydrogens (primary N) is 1. The largest absolute Gasteiger partial charge is 0.344 e. The third kappa shape index (κ3) is 7.68. The van der Waals surface area contributed by atoms with Gasteiger partial charge in [-0.1, -0.05) is 0 Å². The van der Waals surface area contributed by atoms with Crippen LogP contribution in [0.2, 0.25) is 0 Å². The first kappa shape index (κ1) is 11.6. The Morgan fingerprint density at radius 3 is 2.50 bits per heavy atom. The fourth-order valence-corrected chi connectivity index (χ4v) is 0.924.